The van der Waals surface area contributed by atoms with E-state index < -0.39 is 5.54 Å². The van der Waals surface area contributed by atoms with E-state index in [1.54, 1.807) is 18.4 Å². The number of ether oxygens (including phenoxy) is 1. The molecule has 1 unspecified atom stereocenters. The van der Waals surface area contributed by atoms with Crippen LogP contribution in [0.1, 0.15) is 36.6 Å². The number of carbonyl (C=O) groups excluding carboxylic acids is 1. The van der Waals surface area contributed by atoms with Crippen molar-refractivity contribution in [3.63, 3.8) is 0 Å². The molecule has 2 aliphatic rings. The second kappa shape index (κ2) is 9.50. The van der Waals surface area contributed by atoms with Gasteiger partial charge in [0.15, 0.2) is 5.06 Å². The van der Waals surface area contributed by atoms with Crippen LogP contribution in [0.25, 0.3) is 0 Å². The SMILES string of the molecule is COc1ccc(C(=S)N2CCN(C(=O)C3=NCCC(c4ccccc4)C=N3)C(C)(C)C2)s1. The number of rotatable bonds is 4. The summed E-state index contributed by atoms with van der Waals surface area (Å²) < 4.78 is 5.30. The van der Waals surface area contributed by atoms with Gasteiger partial charge in [0.1, 0.15) is 4.99 Å². The summed E-state index contributed by atoms with van der Waals surface area (Å²) in [6, 6.07) is 14.2. The molecule has 1 amide bonds. The molecule has 2 aromatic rings. The smallest absolute Gasteiger partial charge is 0.291 e. The highest BCUT2D eigenvalue weighted by atomic mass is 32.1. The van der Waals surface area contributed by atoms with Crippen LogP contribution in [0, 0.1) is 0 Å². The van der Waals surface area contributed by atoms with E-state index in [1.807, 2.05) is 41.4 Å². The van der Waals surface area contributed by atoms with Gasteiger partial charge in [0.05, 0.1) is 17.5 Å². The molecule has 8 heteroatoms. The number of amidine groups is 1. The van der Waals surface area contributed by atoms with Gasteiger partial charge in [0.25, 0.3) is 5.91 Å². The molecule has 32 heavy (non-hydrogen) atoms. The highest BCUT2D eigenvalue weighted by Crippen LogP contribution is 2.29. The van der Waals surface area contributed by atoms with Crippen molar-refractivity contribution in [2.45, 2.75) is 31.7 Å². The number of amides is 1. The lowest BCUT2D eigenvalue weighted by atomic mass is 9.97. The molecule has 1 fully saturated rings. The van der Waals surface area contributed by atoms with E-state index in [2.05, 4.69) is 40.9 Å². The van der Waals surface area contributed by atoms with Crippen LogP contribution in [0.4, 0.5) is 0 Å². The van der Waals surface area contributed by atoms with Gasteiger partial charge in [-0.3, -0.25) is 9.79 Å². The molecule has 1 aromatic heterocycles. The summed E-state index contributed by atoms with van der Waals surface area (Å²) >= 11 is 7.28. The molecule has 0 spiro atoms. The standard InChI is InChI=1S/C24H28N4O2S2/c1-24(2)16-27(23(31)19-9-10-20(30-3)32-19)13-14-28(24)22(29)21-25-12-11-18(15-26-21)17-7-5-4-6-8-17/h4-10,15,18H,11-14,16H2,1-3H3. The normalized spacial score (nSPS) is 20.5. The zero-order chi connectivity index (χ0) is 22.7. The number of hydrogen-bond donors (Lipinski definition) is 0. The maximum atomic E-state index is 13.4. The van der Waals surface area contributed by atoms with E-state index in [0.29, 0.717) is 32.0 Å². The number of benzene rings is 1. The zero-order valence-corrected chi connectivity index (χ0v) is 20.3. The van der Waals surface area contributed by atoms with E-state index in [-0.39, 0.29) is 11.8 Å². The van der Waals surface area contributed by atoms with Crippen LogP contribution < -0.4 is 4.74 Å². The van der Waals surface area contributed by atoms with Gasteiger partial charge in [-0.1, -0.05) is 53.9 Å². The Balaban J connectivity index is 1.44. The number of aliphatic imine (C=N–C) groups is 2. The second-order valence-corrected chi connectivity index (χ2v) is 10.0. The highest BCUT2D eigenvalue weighted by molar-refractivity contribution is 7.81. The summed E-state index contributed by atoms with van der Waals surface area (Å²) in [7, 11) is 1.66. The number of methoxy groups -OCH3 is 1. The van der Waals surface area contributed by atoms with Gasteiger partial charge in [-0.2, -0.15) is 0 Å². The van der Waals surface area contributed by atoms with Gasteiger partial charge >= 0.3 is 0 Å². The Bertz CT molecular complexity index is 1050. The maximum absolute atomic E-state index is 13.4. The average molecular weight is 469 g/mol. The average Bonchev–Trinajstić information content (AvgIpc) is 3.14. The Hall–Kier alpha value is -2.58. The van der Waals surface area contributed by atoms with E-state index in [0.717, 1.165) is 21.3 Å². The Morgan fingerprint density at radius 2 is 1.97 bits per heavy atom. The topological polar surface area (TPSA) is 57.5 Å². The van der Waals surface area contributed by atoms with Crippen LogP contribution in [0.3, 0.4) is 0 Å². The summed E-state index contributed by atoms with van der Waals surface area (Å²) in [5, 5.41) is 0.841. The summed E-state index contributed by atoms with van der Waals surface area (Å²) in [5.41, 5.74) is 0.803. The molecule has 0 N–H and O–H groups in total. The third-order valence-electron chi connectivity index (χ3n) is 5.93. The van der Waals surface area contributed by atoms with Crippen LogP contribution in [-0.4, -0.2) is 71.6 Å². The molecule has 1 atom stereocenters. The molecule has 0 bridgehead atoms. The minimum atomic E-state index is -0.399. The highest BCUT2D eigenvalue weighted by Gasteiger charge is 2.39. The fraction of sp³-hybridized carbons (Fsp3) is 0.417. The number of piperazine rings is 1. The monoisotopic (exact) mass is 468 g/mol. The third kappa shape index (κ3) is 4.76. The van der Waals surface area contributed by atoms with Crippen molar-refractivity contribution in [2.24, 2.45) is 9.98 Å². The molecule has 0 saturated carbocycles. The van der Waals surface area contributed by atoms with E-state index in [4.69, 9.17) is 17.0 Å². The summed E-state index contributed by atoms with van der Waals surface area (Å²) in [5.74, 6) is 0.370. The molecule has 6 nitrogen and oxygen atoms in total. The number of thiocarbonyl (C=S) groups is 1. The Kier molecular flexibility index (Phi) is 6.71. The summed E-state index contributed by atoms with van der Waals surface area (Å²) in [4.78, 5) is 28.3. The predicted molar refractivity (Wildman–Crippen MR) is 135 cm³/mol. The van der Waals surface area contributed by atoms with E-state index >= 15 is 0 Å². The molecule has 3 heterocycles. The molecule has 168 valence electrons. The Morgan fingerprint density at radius 1 is 1.19 bits per heavy atom. The van der Waals surface area contributed by atoms with Gasteiger partial charge < -0.3 is 14.5 Å². The van der Waals surface area contributed by atoms with Gasteiger partial charge in [-0.25, -0.2) is 4.99 Å². The summed E-state index contributed by atoms with van der Waals surface area (Å²) in [6.45, 7) is 6.64. The molecule has 2 aliphatic heterocycles. The number of carbonyl (C=O) groups is 1. The first-order valence-electron chi connectivity index (χ1n) is 10.8. The molecule has 1 aromatic carbocycles. The van der Waals surface area contributed by atoms with Crippen molar-refractivity contribution in [1.29, 1.82) is 0 Å². The van der Waals surface area contributed by atoms with Crippen LogP contribution in [0.2, 0.25) is 0 Å². The van der Waals surface area contributed by atoms with E-state index in [9.17, 15) is 4.79 Å². The molecule has 0 radical (unpaired) electrons. The molecule has 0 aliphatic carbocycles. The van der Waals surface area contributed by atoms with Crippen molar-refractivity contribution >= 4 is 46.5 Å². The minimum Gasteiger partial charge on any atom is -0.487 e. The lowest BCUT2D eigenvalue weighted by Crippen LogP contribution is -2.62. The van der Waals surface area contributed by atoms with Crippen molar-refractivity contribution in [2.75, 3.05) is 33.3 Å². The maximum Gasteiger partial charge on any atom is 0.291 e. The van der Waals surface area contributed by atoms with Crippen molar-refractivity contribution in [3.05, 3.63) is 52.9 Å². The van der Waals surface area contributed by atoms with Gasteiger partial charge in [0, 0.05) is 38.3 Å². The van der Waals surface area contributed by atoms with Crippen LogP contribution >= 0.6 is 23.6 Å². The van der Waals surface area contributed by atoms with Gasteiger partial charge in [-0.05, 0) is 38.0 Å². The van der Waals surface area contributed by atoms with Gasteiger partial charge in [0.2, 0.25) is 5.84 Å². The first-order chi connectivity index (χ1) is 15.4. The largest absolute Gasteiger partial charge is 0.487 e. The van der Waals surface area contributed by atoms with Crippen LogP contribution in [0.15, 0.2) is 52.4 Å². The Labute approximate surface area is 198 Å². The first-order valence-corrected chi connectivity index (χ1v) is 12.0. The van der Waals surface area contributed by atoms with Crippen molar-refractivity contribution < 1.29 is 9.53 Å². The van der Waals surface area contributed by atoms with Crippen LogP contribution in [0.5, 0.6) is 5.06 Å². The number of hydrogen-bond acceptors (Lipinski definition) is 6. The fourth-order valence-electron chi connectivity index (χ4n) is 4.19. The quantitative estimate of drug-likeness (QED) is 0.636. The van der Waals surface area contributed by atoms with E-state index in [1.165, 1.54) is 5.56 Å². The lowest BCUT2D eigenvalue weighted by molar-refractivity contribution is -0.131. The predicted octanol–water partition coefficient (Wildman–Crippen LogP) is 4.01. The van der Waals surface area contributed by atoms with Crippen LogP contribution in [-0.2, 0) is 4.79 Å². The number of nitrogens with zero attached hydrogens (tertiary/aromatic N) is 4. The van der Waals surface area contributed by atoms with Crippen molar-refractivity contribution in [3.8, 4) is 5.06 Å². The fourth-order valence-corrected chi connectivity index (χ4v) is 5.32. The summed E-state index contributed by atoms with van der Waals surface area (Å²) in [6.07, 6.45) is 2.72. The molecule has 4 rings (SSSR count). The molecular formula is C24H28N4O2S2. The minimum absolute atomic E-state index is 0.108. The number of thiophene rings is 1. The zero-order valence-electron chi connectivity index (χ0n) is 18.7. The Morgan fingerprint density at radius 3 is 2.66 bits per heavy atom. The second-order valence-electron chi connectivity index (χ2n) is 8.61. The molecular weight excluding hydrogens is 440 g/mol. The molecule has 1 saturated heterocycles. The third-order valence-corrected chi connectivity index (χ3v) is 7.59. The van der Waals surface area contributed by atoms with Crippen molar-refractivity contribution in [1.82, 2.24) is 9.80 Å². The van der Waals surface area contributed by atoms with Gasteiger partial charge in [-0.15, -0.1) is 0 Å². The lowest BCUT2D eigenvalue weighted by Gasteiger charge is -2.47. The first kappa shape index (κ1) is 22.6.